The predicted octanol–water partition coefficient (Wildman–Crippen LogP) is 3.70. The quantitative estimate of drug-likeness (QED) is 0.807. The number of alkyl halides is 3. The number of carbonyl (C=O) groups excluding carboxylic acids is 1. The number of aromatic nitrogens is 2. The van der Waals surface area contributed by atoms with Crippen LogP contribution in [0.25, 0.3) is 0 Å². The topological polar surface area (TPSA) is 34.9 Å². The summed E-state index contributed by atoms with van der Waals surface area (Å²) in [5.74, 6) is 0. The van der Waals surface area contributed by atoms with E-state index in [1.165, 1.54) is 16.0 Å². The van der Waals surface area contributed by atoms with Gasteiger partial charge in [0, 0.05) is 10.6 Å². The highest BCUT2D eigenvalue weighted by atomic mass is 32.1. The van der Waals surface area contributed by atoms with E-state index in [1.807, 2.05) is 6.92 Å². The SMILES string of the molecule is CCc1sc(C=O)cc1Cn1nc(C(F)(F)F)cc1C. The Balaban J connectivity index is 2.32. The number of hydrogen-bond acceptors (Lipinski definition) is 3. The zero-order valence-electron chi connectivity index (χ0n) is 11.0. The van der Waals surface area contributed by atoms with Gasteiger partial charge in [0.1, 0.15) is 0 Å². The van der Waals surface area contributed by atoms with Crippen LogP contribution in [0, 0.1) is 6.92 Å². The number of hydrogen-bond donors (Lipinski definition) is 0. The summed E-state index contributed by atoms with van der Waals surface area (Å²) in [4.78, 5) is 12.4. The lowest BCUT2D eigenvalue weighted by molar-refractivity contribution is -0.141. The Morgan fingerprint density at radius 1 is 1.40 bits per heavy atom. The van der Waals surface area contributed by atoms with Crippen LogP contribution in [-0.2, 0) is 19.1 Å². The lowest BCUT2D eigenvalue weighted by Gasteiger charge is -2.05. The fourth-order valence-corrected chi connectivity index (χ4v) is 2.88. The number of nitrogens with zero attached hydrogens (tertiary/aromatic N) is 2. The summed E-state index contributed by atoms with van der Waals surface area (Å²) in [6.45, 7) is 3.78. The summed E-state index contributed by atoms with van der Waals surface area (Å²) in [6.07, 6.45) is -2.95. The van der Waals surface area contributed by atoms with E-state index in [0.717, 1.165) is 29.2 Å². The van der Waals surface area contributed by atoms with E-state index >= 15 is 0 Å². The highest BCUT2D eigenvalue weighted by Gasteiger charge is 2.34. The molecule has 0 saturated heterocycles. The molecule has 0 atom stereocenters. The van der Waals surface area contributed by atoms with E-state index in [4.69, 9.17) is 0 Å². The Morgan fingerprint density at radius 2 is 2.10 bits per heavy atom. The van der Waals surface area contributed by atoms with Crippen LogP contribution in [0.2, 0.25) is 0 Å². The van der Waals surface area contributed by atoms with Crippen molar-refractivity contribution >= 4 is 17.6 Å². The molecule has 0 aliphatic carbocycles. The van der Waals surface area contributed by atoms with Crippen LogP contribution in [0.4, 0.5) is 13.2 Å². The standard InChI is InChI=1S/C13H13F3N2OS/c1-3-11-9(5-10(7-19)20-11)6-18-8(2)4-12(17-18)13(14,15)16/h4-5,7H,3,6H2,1-2H3. The van der Waals surface area contributed by atoms with E-state index in [9.17, 15) is 18.0 Å². The molecule has 0 aliphatic rings. The molecule has 20 heavy (non-hydrogen) atoms. The maximum Gasteiger partial charge on any atom is 0.435 e. The van der Waals surface area contributed by atoms with Gasteiger partial charge in [-0.15, -0.1) is 11.3 Å². The zero-order valence-corrected chi connectivity index (χ0v) is 11.8. The van der Waals surface area contributed by atoms with Gasteiger partial charge in [-0.05, 0) is 31.0 Å². The third-order valence-electron chi connectivity index (χ3n) is 2.94. The average molecular weight is 302 g/mol. The number of rotatable bonds is 4. The minimum atomic E-state index is -4.44. The molecule has 0 amide bonds. The van der Waals surface area contributed by atoms with Gasteiger partial charge in [0.15, 0.2) is 12.0 Å². The zero-order chi connectivity index (χ0) is 14.9. The second-order valence-corrected chi connectivity index (χ2v) is 5.56. The predicted molar refractivity (Wildman–Crippen MR) is 70.2 cm³/mol. The second-order valence-electron chi connectivity index (χ2n) is 4.39. The highest BCUT2D eigenvalue weighted by molar-refractivity contribution is 7.13. The van der Waals surface area contributed by atoms with Gasteiger partial charge in [-0.3, -0.25) is 9.48 Å². The molecule has 2 aromatic heterocycles. The molecule has 0 radical (unpaired) electrons. The molecule has 2 aromatic rings. The molecule has 0 N–H and O–H groups in total. The largest absolute Gasteiger partial charge is 0.435 e. The van der Waals surface area contributed by atoms with Crippen LogP contribution in [0.3, 0.4) is 0 Å². The molecule has 108 valence electrons. The Morgan fingerprint density at radius 3 is 2.60 bits per heavy atom. The second kappa shape index (κ2) is 5.40. The van der Waals surface area contributed by atoms with E-state index in [0.29, 0.717) is 10.6 Å². The van der Waals surface area contributed by atoms with E-state index < -0.39 is 11.9 Å². The molecule has 0 bridgehead atoms. The minimum Gasteiger partial charge on any atom is -0.297 e. The number of halogens is 3. The highest BCUT2D eigenvalue weighted by Crippen LogP contribution is 2.29. The van der Waals surface area contributed by atoms with Gasteiger partial charge < -0.3 is 0 Å². The molecule has 0 aromatic carbocycles. The van der Waals surface area contributed by atoms with Crippen LogP contribution in [0.15, 0.2) is 12.1 Å². The van der Waals surface area contributed by atoms with Crippen LogP contribution in [0.5, 0.6) is 0 Å². The van der Waals surface area contributed by atoms with E-state index in [2.05, 4.69) is 5.10 Å². The third kappa shape index (κ3) is 2.92. The molecular formula is C13H13F3N2OS. The monoisotopic (exact) mass is 302 g/mol. The summed E-state index contributed by atoms with van der Waals surface area (Å²) < 4.78 is 39.1. The maximum absolute atomic E-state index is 12.6. The summed E-state index contributed by atoms with van der Waals surface area (Å²) in [5.41, 5.74) is 0.400. The van der Waals surface area contributed by atoms with Crippen molar-refractivity contribution in [3.63, 3.8) is 0 Å². The summed E-state index contributed by atoms with van der Waals surface area (Å²) in [6, 6.07) is 2.74. The molecule has 7 heteroatoms. The smallest absolute Gasteiger partial charge is 0.297 e. The first-order valence-corrected chi connectivity index (χ1v) is 6.85. The van der Waals surface area contributed by atoms with Gasteiger partial charge in [0.2, 0.25) is 0 Å². The third-order valence-corrected chi connectivity index (χ3v) is 4.19. The lowest BCUT2D eigenvalue weighted by atomic mass is 10.2. The van der Waals surface area contributed by atoms with E-state index in [-0.39, 0.29) is 6.54 Å². The Hall–Kier alpha value is -1.63. The maximum atomic E-state index is 12.6. The fourth-order valence-electron chi connectivity index (χ4n) is 1.95. The molecule has 0 aliphatic heterocycles. The van der Waals surface area contributed by atoms with Crippen molar-refractivity contribution < 1.29 is 18.0 Å². The molecule has 2 heterocycles. The van der Waals surface area contributed by atoms with Crippen LogP contribution < -0.4 is 0 Å². The van der Waals surface area contributed by atoms with Crippen molar-refractivity contribution in [1.29, 1.82) is 0 Å². The van der Waals surface area contributed by atoms with Gasteiger partial charge in [-0.2, -0.15) is 18.3 Å². The van der Waals surface area contributed by atoms with Crippen molar-refractivity contribution in [2.75, 3.05) is 0 Å². The van der Waals surface area contributed by atoms with Crippen LogP contribution in [0.1, 0.15) is 38.4 Å². The van der Waals surface area contributed by atoms with Crippen molar-refractivity contribution in [3.8, 4) is 0 Å². The average Bonchev–Trinajstić information content (AvgIpc) is 2.93. The molecular weight excluding hydrogens is 289 g/mol. The molecule has 0 spiro atoms. The molecule has 0 fully saturated rings. The van der Waals surface area contributed by atoms with Crippen molar-refractivity contribution in [1.82, 2.24) is 9.78 Å². The van der Waals surface area contributed by atoms with Gasteiger partial charge >= 0.3 is 6.18 Å². The van der Waals surface area contributed by atoms with E-state index in [1.54, 1.807) is 13.0 Å². The van der Waals surface area contributed by atoms with Crippen LogP contribution in [-0.4, -0.2) is 16.1 Å². The van der Waals surface area contributed by atoms with Gasteiger partial charge in [0.05, 0.1) is 11.4 Å². The first kappa shape index (κ1) is 14.8. The van der Waals surface area contributed by atoms with Gasteiger partial charge in [-0.25, -0.2) is 0 Å². The summed E-state index contributed by atoms with van der Waals surface area (Å²) in [5, 5.41) is 3.59. The summed E-state index contributed by atoms with van der Waals surface area (Å²) in [7, 11) is 0. The summed E-state index contributed by atoms with van der Waals surface area (Å²) >= 11 is 1.37. The first-order valence-electron chi connectivity index (χ1n) is 6.03. The van der Waals surface area contributed by atoms with Crippen molar-refractivity contribution in [2.24, 2.45) is 0 Å². The number of thiophene rings is 1. The number of aryl methyl sites for hydroxylation is 2. The minimum absolute atomic E-state index is 0.245. The molecule has 2 rings (SSSR count). The van der Waals surface area contributed by atoms with Crippen molar-refractivity contribution in [2.45, 2.75) is 33.0 Å². The fraction of sp³-hybridized carbons (Fsp3) is 0.385. The van der Waals surface area contributed by atoms with Gasteiger partial charge in [0.25, 0.3) is 0 Å². The normalized spacial score (nSPS) is 11.8. The molecule has 0 saturated carbocycles. The van der Waals surface area contributed by atoms with Crippen LogP contribution >= 0.6 is 11.3 Å². The first-order chi connectivity index (χ1) is 9.35. The Bertz CT molecular complexity index is 628. The van der Waals surface area contributed by atoms with Crippen molar-refractivity contribution in [3.05, 3.63) is 38.8 Å². The lowest BCUT2D eigenvalue weighted by Crippen LogP contribution is -2.09. The Labute approximate surface area is 118 Å². The number of aldehydes is 1. The van der Waals surface area contributed by atoms with Gasteiger partial charge in [-0.1, -0.05) is 6.92 Å². The molecule has 3 nitrogen and oxygen atoms in total. The Kier molecular flexibility index (Phi) is 3.99. The molecule has 0 unspecified atom stereocenters. The number of carbonyl (C=O) groups is 1.